The molecule has 0 aromatic heterocycles. The molecule has 4 rings (SSSR count). The Bertz CT molecular complexity index is 1230. The average Bonchev–Trinajstić information content (AvgIpc) is 2.88. The zero-order valence-corrected chi connectivity index (χ0v) is 22.8. The zero-order chi connectivity index (χ0) is 26.6. The molecule has 0 heterocycles. The first-order valence-corrected chi connectivity index (χ1v) is 14.3. The second-order valence-electron chi connectivity index (χ2n) is 9.02. The van der Waals surface area contributed by atoms with E-state index < -0.39 is 33.4 Å². The molecule has 3 aromatic rings. The van der Waals surface area contributed by atoms with Crippen LogP contribution in [0.3, 0.4) is 0 Å². The summed E-state index contributed by atoms with van der Waals surface area (Å²) in [6.07, 6.45) is -1.92. The molecule has 1 N–H and O–H groups in total. The third-order valence-corrected chi connectivity index (χ3v) is 9.96. The van der Waals surface area contributed by atoms with Gasteiger partial charge in [0.25, 0.3) is 0 Å². The van der Waals surface area contributed by atoms with Gasteiger partial charge in [-0.1, -0.05) is 0 Å². The van der Waals surface area contributed by atoms with Crippen LogP contribution in [0.2, 0.25) is 9.73 Å². The molecule has 4 nitrogen and oxygen atoms in total. The number of aliphatic hydroxyl groups excluding tert-OH is 1. The fourth-order valence-corrected chi connectivity index (χ4v) is 7.64. The number of benzene rings is 3. The molecular weight excluding hydrogens is 566 g/mol. The van der Waals surface area contributed by atoms with Gasteiger partial charge in [0.15, 0.2) is 0 Å². The molecule has 0 atom stereocenters. The van der Waals surface area contributed by atoms with Crippen molar-refractivity contribution in [3.8, 4) is 5.75 Å². The van der Waals surface area contributed by atoms with Gasteiger partial charge in [0.1, 0.15) is 0 Å². The van der Waals surface area contributed by atoms with Crippen molar-refractivity contribution in [3.05, 3.63) is 88.4 Å². The van der Waals surface area contributed by atoms with Gasteiger partial charge in [-0.05, 0) is 0 Å². The van der Waals surface area contributed by atoms with Crippen LogP contribution in [-0.4, -0.2) is 40.0 Å². The van der Waals surface area contributed by atoms with Crippen molar-refractivity contribution < 1.29 is 27.8 Å². The normalized spacial score (nSPS) is 18.2. The van der Waals surface area contributed by atoms with Crippen molar-refractivity contribution in [3.63, 3.8) is 0 Å². The Morgan fingerprint density at radius 2 is 1.76 bits per heavy atom. The maximum atomic E-state index is 14.0. The molecule has 0 saturated heterocycles. The van der Waals surface area contributed by atoms with Gasteiger partial charge in [-0.15, -0.1) is 0 Å². The summed E-state index contributed by atoms with van der Waals surface area (Å²) in [5, 5.41) is 10.2. The summed E-state index contributed by atoms with van der Waals surface area (Å²) in [5.41, 5.74) is 0.510. The van der Waals surface area contributed by atoms with E-state index in [9.17, 15) is 23.1 Å². The summed E-state index contributed by atoms with van der Waals surface area (Å²) in [6, 6.07) is 17.6. The van der Waals surface area contributed by atoms with Gasteiger partial charge in [0.2, 0.25) is 0 Å². The van der Waals surface area contributed by atoms with Crippen LogP contribution in [0.5, 0.6) is 5.75 Å². The van der Waals surface area contributed by atoms with E-state index in [2.05, 4.69) is 0 Å². The van der Waals surface area contributed by atoms with Crippen molar-refractivity contribution in [1.82, 2.24) is 0 Å². The van der Waals surface area contributed by atoms with Crippen molar-refractivity contribution in [2.45, 2.75) is 49.2 Å². The minimum absolute atomic E-state index is 0.0735. The van der Waals surface area contributed by atoms with Crippen LogP contribution < -0.4 is 14.0 Å². The van der Waals surface area contributed by atoms with Crippen LogP contribution in [0.15, 0.2) is 66.7 Å². The number of halogens is 4. The first-order chi connectivity index (χ1) is 17.7. The van der Waals surface area contributed by atoms with Crippen LogP contribution in [0, 0.1) is 0 Å². The van der Waals surface area contributed by atoms with E-state index in [4.69, 9.17) is 16.3 Å². The molecule has 195 valence electrons. The Morgan fingerprint density at radius 3 is 2.38 bits per heavy atom. The zero-order valence-electron chi connectivity index (χ0n) is 20.2. The fourth-order valence-electron chi connectivity index (χ4n) is 4.40. The second-order valence-corrected chi connectivity index (χ2v) is 12.5. The van der Waals surface area contributed by atoms with E-state index in [0.717, 1.165) is 25.0 Å². The van der Waals surface area contributed by atoms with Crippen molar-refractivity contribution >= 4 is 43.3 Å². The molecule has 1 saturated carbocycles. The number of methoxy groups -OCH3 is 1. The predicted octanol–water partition coefficient (Wildman–Crippen LogP) is 6.27. The van der Waals surface area contributed by atoms with Gasteiger partial charge in [0, 0.05) is 0 Å². The standard InChI is InChI=1S/C28H27AsClF3NO3/c1-37-26-14-7-18(15-25(26)30)17-34(21-5-3-2-4-6-21)27(36)23-16-19(28(31,32)33)8-13-24(23)29-20-9-11-22(35)12-10-20/h2-8,13-16,20,22,35H,9-12,17H2,1H3. The topological polar surface area (TPSA) is 49.8 Å². The van der Waals surface area contributed by atoms with Crippen LogP contribution in [0.1, 0.15) is 47.2 Å². The van der Waals surface area contributed by atoms with Crippen molar-refractivity contribution in [1.29, 1.82) is 0 Å². The van der Waals surface area contributed by atoms with Gasteiger partial charge in [-0.2, -0.15) is 0 Å². The van der Waals surface area contributed by atoms with E-state index in [1.807, 2.05) is 6.07 Å². The number of nitrogens with zero attached hydrogens (tertiary/aromatic N) is 1. The fraction of sp³-hybridized carbons (Fsp3) is 0.321. The number of alkyl halides is 3. The van der Waals surface area contributed by atoms with E-state index >= 15 is 0 Å². The molecule has 1 amide bonds. The first kappa shape index (κ1) is 27.6. The molecule has 1 aliphatic rings. The van der Waals surface area contributed by atoms with Crippen LogP contribution in [0.25, 0.3) is 0 Å². The molecule has 0 spiro atoms. The Kier molecular flexibility index (Phi) is 8.89. The number of anilines is 1. The van der Waals surface area contributed by atoms with Gasteiger partial charge in [-0.3, -0.25) is 0 Å². The summed E-state index contributed by atoms with van der Waals surface area (Å²) in [5.74, 6) is -0.00443. The minimum atomic E-state index is -4.57. The van der Waals surface area contributed by atoms with Crippen LogP contribution in [0.4, 0.5) is 18.9 Å². The Hall–Kier alpha value is -2.47. The number of para-hydroxylation sites is 1. The summed E-state index contributed by atoms with van der Waals surface area (Å²) in [7, 11) is 1.51. The quantitative estimate of drug-likeness (QED) is 0.329. The Labute approximate surface area is 226 Å². The SMILES string of the molecule is COc1ccc(CN(C(=O)c2cc(C(F)(F)F)ccc2[As]C2CCC(O)CC2)c2ccccc2)cc1Cl. The Morgan fingerprint density at radius 1 is 1.05 bits per heavy atom. The van der Waals surface area contributed by atoms with E-state index in [1.165, 1.54) is 18.1 Å². The van der Waals surface area contributed by atoms with Crippen molar-refractivity contribution in [2.24, 2.45) is 0 Å². The average molecular weight is 593 g/mol. The number of rotatable bonds is 7. The summed E-state index contributed by atoms with van der Waals surface area (Å²) in [6.45, 7) is 0.119. The van der Waals surface area contributed by atoms with Crippen LogP contribution >= 0.6 is 11.6 Å². The van der Waals surface area contributed by atoms with Crippen LogP contribution in [-0.2, 0) is 12.7 Å². The van der Waals surface area contributed by atoms with E-state index in [0.29, 0.717) is 39.2 Å². The Balaban J connectivity index is 1.73. The number of amides is 1. The van der Waals surface area contributed by atoms with E-state index in [-0.39, 0.29) is 22.9 Å². The van der Waals surface area contributed by atoms with Gasteiger partial charge in [-0.25, -0.2) is 0 Å². The third kappa shape index (κ3) is 6.89. The monoisotopic (exact) mass is 592 g/mol. The first-order valence-electron chi connectivity index (χ1n) is 11.9. The molecule has 0 unspecified atom stereocenters. The number of hydrogen-bond acceptors (Lipinski definition) is 3. The maximum absolute atomic E-state index is 14.0. The summed E-state index contributed by atoms with van der Waals surface area (Å²) < 4.78 is 47.2. The summed E-state index contributed by atoms with van der Waals surface area (Å²) in [4.78, 5) is 15.5. The van der Waals surface area contributed by atoms with Gasteiger partial charge < -0.3 is 0 Å². The molecule has 1 fully saturated rings. The molecule has 1 radical (unpaired) electrons. The molecule has 37 heavy (non-hydrogen) atoms. The molecule has 3 aromatic carbocycles. The molecular formula is C28H27AsClF3NO3. The number of carbonyl (C=O) groups excluding carboxylic acids is 1. The number of aliphatic hydroxyl groups is 1. The summed E-state index contributed by atoms with van der Waals surface area (Å²) >= 11 is 5.73. The van der Waals surface area contributed by atoms with Gasteiger partial charge in [0.05, 0.1) is 0 Å². The molecule has 0 aliphatic heterocycles. The number of ether oxygens (including phenoxy) is 1. The van der Waals surface area contributed by atoms with Crippen molar-refractivity contribution in [2.75, 3.05) is 12.0 Å². The van der Waals surface area contributed by atoms with Gasteiger partial charge >= 0.3 is 227 Å². The number of hydrogen-bond donors (Lipinski definition) is 1. The van der Waals surface area contributed by atoms with E-state index in [1.54, 1.807) is 42.5 Å². The predicted molar refractivity (Wildman–Crippen MR) is 140 cm³/mol. The molecule has 0 bridgehead atoms. The number of carbonyl (C=O) groups is 1. The third-order valence-electron chi connectivity index (χ3n) is 6.41. The second kappa shape index (κ2) is 11.9. The molecule has 1 aliphatic carbocycles. The molecule has 9 heteroatoms.